The molecular weight excluding hydrogens is 260 g/mol. The van der Waals surface area contributed by atoms with E-state index in [2.05, 4.69) is 34.5 Å². The zero-order valence-corrected chi connectivity index (χ0v) is 12.1. The number of rotatable bonds is 6. The SMILES string of the molecule is CCCNC(Cc1ncnn1C)c1ccc(Cl)cc1. The van der Waals surface area contributed by atoms with Gasteiger partial charge in [-0.05, 0) is 30.7 Å². The number of aryl methyl sites for hydroxylation is 1. The Morgan fingerprint density at radius 2 is 2.05 bits per heavy atom. The van der Waals surface area contributed by atoms with Crippen molar-refractivity contribution >= 4 is 11.6 Å². The average molecular weight is 279 g/mol. The summed E-state index contributed by atoms with van der Waals surface area (Å²) in [6, 6.07) is 8.21. The molecule has 1 unspecified atom stereocenters. The second-order valence-electron chi connectivity index (χ2n) is 4.56. The van der Waals surface area contributed by atoms with Gasteiger partial charge in [0.15, 0.2) is 0 Å². The molecule has 4 nitrogen and oxygen atoms in total. The Bertz CT molecular complexity index is 506. The van der Waals surface area contributed by atoms with E-state index >= 15 is 0 Å². The van der Waals surface area contributed by atoms with Gasteiger partial charge in [0.05, 0.1) is 0 Å². The second-order valence-corrected chi connectivity index (χ2v) is 5.00. The third-order valence-corrected chi connectivity index (χ3v) is 3.36. The van der Waals surface area contributed by atoms with Crippen LogP contribution < -0.4 is 5.32 Å². The van der Waals surface area contributed by atoms with E-state index < -0.39 is 0 Å². The minimum absolute atomic E-state index is 0.236. The Hall–Kier alpha value is -1.39. The fourth-order valence-electron chi connectivity index (χ4n) is 2.01. The summed E-state index contributed by atoms with van der Waals surface area (Å²) in [5.74, 6) is 0.976. The van der Waals surface area contributed by atoms with Crippen LogP contribution in [-0.4, -0.2) is 21.3 Å². The van der Waals surface area contributed by atoms with Gasteiger partial charge < -0.3 is 5.32 Å². The van der Waals surface area contributed by atoms with Crippen molar-refractivity contribution in [2.45, 2.75) is 25.8 Å². The lowest BCUT2D eigenvalue weighted by Gasteiger charge is -2.18. The molecule has 1 heterocycles. The summed E-state index contributed by atoms with van der Waals surface area (Å²) in [7, 11) is 1.92. The molecular formula is C14H19ClN4. The Balaban J connectivity index is 2.15. The number of halogens is 1. The molecule has 19 heavy (non-hydrogen) atoms. The van der Waals surface area contributed by atoms with Crippen molar-refractivity contribution in [3.63, 3.8) is 0 Å². The van der Waals surface area contributed by atoms with Crippen LogP contribution in [0.5, 0.6) is 0 Å². The maximum Gasteiger partial charge on any atom is 0.138 e. The lowest BCUT2D eigenvalue weighted by Crippen LogP contribution is -2.25. The van der Waals surface area contributed by atoms with Gasteiger partial charge >= 0.3 is 0 Å². The first-order chi connectivity index (χ1) is 9.20. The fourth-order valence-corrected chi connectivity index (χ4v) is 2.14. The Morgan fingerprint density at radius 3 is 2.63 bits per heavy atom. The summed E-state index contributed by atoms with van der Waals surface area (Å²) in [5, 5.41) is 8.42. The van der Waals surface area contributed by atoms with Gasteiger partial charge in [-0.1, -0.05) is 30.7 Å². The van der Waals surface area contributed by atoms with Crippen molar-refractivity contribution in [3.8, 4) is 0 Å². The summed E-state index contributed by atoms with van der Waals surface area (Å²) < 4.78 is 1.82. The molecule has 1 atom stereocenters. The van der Waals surface area contributed by atoms with Crippen molar-refractivity contribution in [2.75, 3.05) is 6.54 Å². The molecule has 0 aliphatic heterocycles. The van der Waals surface area contributed by atoms with Crippen molar-refractivity contribution in [1.29, 1.82) is 0 Å². The molecule has 0 spiro atoms. The van der Waals surface area contributed by atoms with Crippen LogP contribution in [0.1, 0.15) is 30.8 Å². The predicted molar refractivity (Wildman–Crippen MR) is 77.2 cm³/mol. The summed E-state index contributed by atoms with van der Waals surface area (Å²) in [4.78, 5) is 4.29. The summed E-state index contributed by atoms with van der Waals surface area (Å²) in [5.41, 5.74) is 1.22. The number of benzene rings is 1. The van der Waals surface area contributed by atoms with Gasteiger partial charge in [0.1, 0.15) is 12.2 Å². The van der Waals surface area contributed by atoms with Crippen LogP contribution in [0.25, 0.3) is 0 Å². The molecule has 0 amide bonds. The Kier molecular flexibility index (Phi) is 4.93. The highest BCUT2D eigenvalue weighted by Crippen LogP contribution is 2.19. The van der Waals surface area contributed by atoms with Gasteiger partial charge in [-0.15, -0.1) is 0 Å². The molecule has 1 aromatic heterocycles. The largest absolute Gasteiger partial charge is 0.310 e. The summed E-state index contributed by atoms with van der Waals surface area (Å²) >= 11 is 5.94. The molecule has 2 rings (SSSR count). The van der Waals surface area contributed by atoms with E-state index in [4.69, 9.17) is 11.6 Å². The zero-order valence-electron chi connectivity index (χ0n) is 11.3. The van der Waals surface area contributed by atoms with E-state index in [0.29, 0.717) is 0 Å². The van der Waals surface area contributed by atoms with E-state index in [-0.39, 0.29) is 6.04 Å². The smallest absolute Gasteiger partial charge is 0.138 e. The van der Waals surface area contributed by atoms with Gasteiger partial charge in [0.25, 0.3) is 0 Å². The van der Waals surface area contributed by atoms with Crippen LogP contribution in [0.2, 0.25) is 5.02 Å². The highest BCUT2D eigenvalue weighted by atomic mass is 35.5. The van der Waals surface area contributed by atoms with Crippen molar-refractivity contribution in [3.05, 3.63) is 47.0 Å². The van der Waals surface area contributed by atoms with Crippen LogP contribution in [-0.2, 0) is 13.5 Å². The molecule has 0 radical (unpaired) electrons. The third-order valence-electron chi connectivity index (χ3n) is 3.10. The first-order valence-corrected chi connectivity index (χ1v) is 6.90. The number of nitrogens with zero attached hydrogens (tertiary/aromatic N) is 3. The van der Waals surface area contributed by atoms with Gasteiger partial charge in [-0.2, -0.15) is 5.10 Å². The summed E-state index contributed by atoms with van der Waals surface area (Å²) in [6.45, 7) is 3.14. The minimum atomic E-state index is 0.236. The fraction of sp³-hybridized carbons (Fsp3) is 0.429. The minimum Gasteiger partial charge on any atom is -0.310 e. The van der Waals surface area contributed by atoms with Crippen molar-refractivity contribution in [1.82, 2.24) is 20.1 Å². The number of nitrogens with one attached hydrogen (secondary N) is 1. The molecule has 0 aliphatic rings. The van der Waals surface area contributed by atoms with Gasteiger partial charge in [0.2, 0.25) is 0 Å². The molecule has 102 valence electrons. The van der Waals surface area contributed by atoms with Crippen molar-refractivity contribution in [2.24, 2.45) is 7.05 Å². The van der Waals surface area contributed by atoms with Gasteiger partial charge in [-0.3, -0.25) is 4.68 Å². The molecule has 2 aromatic rings. The lowest BCUT2D eigenvalue weighted by molar-refractivity contribution is 0.506. The van der Waals surface area contributed by atoms with E-state index in [1.807, 2.05) is 23.9 Å². The molecule has 1 aromatic carbocycles. The van der Waals surface area contributed by atoms with Crippen LogP contribution in [0.15, 0.2) is 30.6 Å². The first kappa shape index (κ1) is 14.0. The lowest BCUT2D eigenvalue weighted by atomic mass is 10.0. The quantitative estimate of drug-likeness (QED) is 0.883. The van der Waals surface area contributed by atoms with E-state index in [9.17, 15) is 0 Å². The molecule has 0 aliphatic carbocycles. The maximum absolute atomic E-state index is 5.94. The maximum atomic E-state index is 5.94. The van der Waals surface area contributed by atoms with E-state index in [1.54, 1.807) is 6.33 Å². The first-order valence-electron chi connectivity index (χ1n) is 6.52. The molecule has 0 bridgehead atoms. The topological polar surface area (TPSA) is 42.7 Å². The highest BCUT2D eigenvalue weighted by molar-refractivity contribution is 6.30. The monoisotopic (exact) mass is 278 g/mol. The third kappa shape index (κ3) is 3.78. The van der Waals surface area contributed by atoms with Gasteiger partial charge in [-0.25, -0.2) is 4.98 Å². The number of hydrogen-bond acceptors (Lipinski definition) is 3. The van der Waals surface area contributed by atoms with Crippen LogP contribution in [0.4, 0.5) is 0 Å². The van der Waals surface area contributed by atoms with Gasteiger partial charge in [0, 0.05) is 24.5 Å². The normalized spacial score (nSPS) is 12.6. The molecule has 0 saturated carbocycles. The second kappa shape index (κ2) is 6.68. The molecule has 5 heteroatoms. The molecule has 0 saturated heterocycles. The number of hydrogen-bond donors (Lipinski definition) is 1. The average Bonchev–Trinajstić information content (AvgIpc) is 2.81. The predicted octanol–water partition coefficient (Wildman–Crippen LogP) is 2.75. The van der Waals surface area contributed by atoms with Crippen LogP contribution >= 0.6 is 11.6 Å². The van der Waals surface area contributed by atoms with E-state index in [0.717, 1.165) is 30.2 Å². The van der Waals surface area contributed by atoms with E-state index in [1.165, 1.54) is 5.56 Å². The highest BCUT2D eigenvalue weighted by Gasteiger charge is 2.14. The van der Waals surface area contributed by atoms with Crippen LogP contribution in [0, 0.1) is 0 Å². The Labute approximate surface area is 118 Å². The zero-order chi connectivity index (χ0) is 13.7. The standard InChI is InChI=1S/C14H19ClN4/c1-3-8-16-13(9-14-17-10-18-19(14)2)11-4-6-12(15)7-5-11/h4-7,10,13,16H,3,8-9H2,1-2H3. The Morgan fingerprint density at radius 1 is 1.32 bits per heavy atom. The molecule has 1 N–H and O–H groups in total. The van der Waals surface area contributed by atoms with Crippen molar-refractivity contribution < 1.29 is 0 Å². The summed E-state index contributed by atoms with van der Waals surface area (Å²) in [6.07, 6.45) is 3.51. The van der Waals surface area contributed by atoms with Crippen LogP contribution in [0.3, 0.4) is 0 Å². The molecule has 0 fully saturated rings. The number of aromatic nitrogens is 3.